The lowest BCUT2D eigenvalue weighted by Crippen LogP contribution is -2.54. The molecule has 1 fully saturated rings. The number of carbonyl (C=O) groups is 1. The Balaban J connectivity index is 1.75. The van der Waals surface area contributed by atoms with Crippen molar-refractivity contribution in [1.82, 2.24) is 9.88 Å². The number of alkyl halides is 3. The summed E-state index contributed by atoms with van der Waals surface area (Å²) >= 11 is 1.22. The number of aromatic nitrogens is 1. The third-order valence-corrected chi connectivity index (χ3v) is 4.91. The van der Waals surface area contributed by atoms with Crippen molar-refractivity contribution in [2.45, 2.75) is 24.6 Å². The number of piperidine rings is 1. The number of thiazole rings is 1. The number of nitrogens with zero attached hydrogens (tertiary/aromatic N) is 2. The molecule has 3 rings (SSSR count). The fraction of sp³-hybridized carbons (Fsp3) is 0.429. The third-order valence-electron chi connectivity index (χ3n) is 3.88. The van der Waals surface area contributed by atoms with Gasteiger partial charge in [0, 0.05) is 25.9 Å². The van der Waals surface area contributed by atoms with Crippen LogP contribution in [-0.4, -0.2) is 45.8 Å². The second-order valence-electron chi connectivity index (χ2n) is 5.31. The van der Waals surface area contributed by atoms with E-state index in [0.717, 1.165) is 4.70 Å². The second-order valence-corrected chi connectivity index (χ2v) is 6.34. The van der Waals surface area contributed by atoms with Gasteiger partial charge in [-0.1, -0.05) is 12.1 Å². The lowest BCUT2D eigenvalue weighted by atomic mass is 9.91. The van der Waals surface area contributed by atoms with Gasteiger partial charge in [0.25, 0.3) is 5.91 Å². The minimum atomic E-state index is -4.67. The lowest BCUT2D eigenvalue weighted by molar-refractivity contribution is -0.271. The topological polar surface area (TPSA) is 53.4 Å². The Morgan fingerprint density at radius 2 is 1.91 bits per heavy atom. The Hall–Kier alpha value is -1.67. The van der Waals surface area contributed by atoms with E-state index in [1.54, 1.807) is 12.1 Å². The minimum absolute atomic E-state index is 0.134. The standard InChI is InChI=1S/C14H13F3N2O2S/c15-14(16,17)13(21)5-7-19(8-6-13)12(20)11-18-9-3-1-2-4-10(9)22-11/h1-4,21H,5-8H2. The highest BCUT2D eigenvalue weighted by Crippen LogP contribution is 2.38. The van der Waals surface area contributed by atoms with Crippen LogP contribution in [0.2, 0.25) is 0 Å². The average Bonchev–Trinajstić information content (AvgIpc) is 2.90. The Bertz CT molecular complexity index is 672. The van der Waals surface area contributed by atoms with Gasteiger partial charge >= 0.3 is 6.18 Å². The number of likely N-dealkylation sites (tertiary alicyclic amines) is 1. The predicted molar refractivity (Wildman–Crippen MR) is 75.8 cm³/mol. The molecule has 0 spiro atoms. The molecule has 4 nitrogen and oxygen atoms in total. The van der Waals surface area contributed by atoms with Gasteiger partial charge in [-0.3, -0.25) is 4.79 Å². The number of aliphatic hydroxyl groups is 1. The van der Waals surface area contributed by atoms with Gasteiger partial charge in [-0.05, 0) is 12.1 Å². The Labute approximate surface area is 128 Å². The van der Waals surface area contributed by atoms with Gasteiger partial charge in [-0.15, -0.1) is 11.3 Å². The van der Waals surface area contributed by atoms with Crippen LogP contribution in [0.4, 0.5) is 13.2 Å². The van der Waals surface area contributed by atoms with Crippen molar-refractivity contribution in [3.05, 3.63) is 29.3 Å². The first-order valence-corrected chi connectivity index (χ1v) is 7.56. The quantitative estimate of drug-likeness (QED) is 0.875. The monoisotopic (exact) mass is 330 g/mol. The highest BCUT2D eigenvalue weighted by molar-refractivity contribution is 7.20. The van der Waals surface area contributed by atoms with Crippen molar-refractivity contribution < 1.29 is 23.1 Å². The molecule has 0 unspecified atom stereocenters. The maximum absolute atomic E-state index is 12.8. The predicted octanol–water partition coefficient (Wildman–Crippen LogP) is 2.83. The molecule has 0 atom stereocenters. The summed E-state index contributed by atoms with van der Waals surface area (Å²) in [6.07, 6.45) is -5.68. The number of hydrogen-bond acceptors (Lipinski definition) is 4. The molecule has 2 aromatic rings. The SMILES string of the molecule is O=C(c1nc2ccccc2s1)N1CCC(O)(C(F)(F)F)CC1. The molecule has 1 aliphatic heterocycles. The van der Waals surface area contributed by atoms with Gasteiger partial charge in [-0.25, -0.2) is 4.98 Å². The number of fused-ring (bicyclic) bond motifs is 1. The van der Waals surface area contributed by atoms with Crippen molar-refractivity contribution in [2.75, 3.05) is 13.1 Å². The van der Waals surface area contributed by atoms with Gasteiger partial charge < -0.3 is 10.0 Å². The van der Waals surface area contributed by atoms with Gasteiger partial charge in [0.05, 0.1) is 10.2 Å². The molecule has 0 radical (unpaired) electrons. The van der Waals surface area contributed by atoms with Crippen molar-refractivity contribution in [2.24, 2.45) is 0 Å². The fourth-order valence-electron chi connectivity index (χ4n) is 2.46. The summed E-state index contributed by atoms with van der Waals surface area (Å²) in [5.41, 5.74) is -2.00. The van der Waals surface area contributed by atoms with Crippen LogP contribution in [0, 0.1) is 0 Å². The zero-order valence-electron chi connectivity index (χ0n) is 11.4. The largest absolute Gasteiger partial charge is 0.417 e. The number of rotatable bonds is 1. The Kier molecular flexibility index (Phi) is 3.60. The maximum atomic E-state index is 12.8. The summed E-state index contributed by atoms with van der Waals surface area (Å²) in [5.74, 6) is -0.384. The van der Waals surface area contributed by atoms with Crippen molar-refractivity contribution in [1.29, 1.82) is 0 Å². The summed E-state index contributed by atoms with van der Waals surface area (Å²) in [4.78, 5) is 17.9. The molecular weight excluding hydrogens is 317 g/mol. The molecule has 0 bridgehead atoms. The van der Waals surface area contributed by atoms with E-state index in [1.807, 2.05) is 12.1 Å². The fourth-order valence-corrected chi connectivity index (χ4v) is 3.40. The first-order chi connectivity index (χ1) is 10.3. The van der Waals surface area contributed by atoms with E-state index in [9.17, 15) is 23.1 Å². The molecule has 8 heteroatoms. The number of para-hydroxylation sites is 1. The maximum Gasteiger partial charge on any atom is 0.417 e. The van der Waals surface area contributed by atoms with Crippen LogP contribution in [0.15, 0.2) is 24.3 Å². The van der Waals surface area contributed by atoms with E-state index < -0.39 is 24.6 Å². The molecule has 1 aromatic carbocycles. The van der Waals surface area contributed by atoms with Gasteiger partial charge in [0.1, 0.15) is 0 Å². The summed E-state index contributed by atoms with van der Waals surface area (Å²) < 4.78 is 39.1. The van der Waals surface area contributed by atoms with Gasteiger partial charge in [0.15, 0.2) is 10.6 Å². The summed E-state index contributed by atoms with van der Waals surface area (Å²) in [6, 6.07) is 7.25. The van der Waals surface area contributed by atoms with Gasteiger partial charge in [-0.2, -0.15) is 13.2 Å². The number of benzene rings is 1. The van der Waals surface area contributed by atoms with E-state index >= 15 is 0 Å². The van der Waals surface area contributed by atoms with Crippen molar-refractivity contribution in [3.63, 3.8) is 0 Å². The zero-order chi connectivity index (χ0) is 16.0. The summed E-state index contributed by atoms with van der Waals surface area (Å²) in [5, 5.41) is 9.88. The molecule has 22 heavy (non-hydrogen) atoms. The van der Waals surface area contributed by atoms with Crippen molar-refractivity contribution in [3.8, 4) is 0 Å². The lowest BCUT2D eigenvalue weighted by Gasteiger charge is -2.38. The van der Waals surface area contributed by atoms with Crippen molar-refractivity contribution >= 4 is 27.5 Å². The molecule has 0 aliphatic carbocycles. The average molecular weight is 330 g/mol. The summed E-state index contributed by atoms with van der Waals surface area (Å²) in [6.45, 7) is -0.268. The van der Waals surface area contributed by atoms with E-state index in [0.29, 0.717) is 5.52 Å². The number of hydrogen-bond donors (Lipinski definition) is 1. The molecule has 118 valence electrons. The van der Waals surface area contributed by atoms with Crippen LogP contribution in [-0.2, 0) is 0 Å². The summed E-state index contributed by atoms with van der Waals surface area (Å²) in [7, 11) is 0. The Morgan fingerprint density at radius 3 is 2.50 bits per heavy atom. The smallest absolute Gasteiger partial charge is 0.380 e. The molecule has 1 aromatic heterocycles. The number of amides is 1. The van der Waals surface area contributed by atoms with E-state index in [-0.39, 0.29) is 24.0 Å². The first-order valence-electron chi connectivity index (χ1n) is 6.74. The van der Waals surface area contributed by atoms with Crippen LogP contribution in [0.1, 0.15) is 22.6 Å². The van der Waals surface area contributed by atoms with Crippen LogP contribution in [0.3, 0.4) is 0 Å². The van der Waals surface area contributed by atoms with Crippen LogP contribution in [0.25, 0.3) is 10.2 Å². The van der Waals surface area contributed by atoms with E-state index in [2.05, 4.69) is 4.98 Å². The van der Waals surface area contributed by atoms with E-state index in [1.165, 1.54) is 16.2 Å². The molecule has 0 saturated carbocycles. The molecule has 1 amide bonds. The molecule has 1 aliphatic rings. The Morgan fingerprint density at radius 1 is 1.27 bits per heavy atom. The highest BCUT2D eigenvalue weighted by atomic mass is 32.1. The first kappa shape index (κ1) is 15.2. The highest BCUT2D eigenvalue weighted by Gasteiger charge is 2.55. The third kappa shape index (κ3) is 2.56. The number of halogens is 3. The normalized spacial score (nSPS) is 18.6. The van der Waals surface area contributed by atoms with Crippen LogP contribution < -0.4 is 0 Å². The zero-order valence-corrected chi connectivity index (χ0v) is 12.2. The minimum Gasteiger partial charge on any atom is -0.380 e. The van der Waals surface area contributed by atoms with Crippen LogP contribution >= 0.6 is 11.3 Å². The van der Waals surface area contributed by atoms with Crippen LogP contribution in [0.5, 0.6) is 0 Å². The van der Waals surface area contributed by atoms with Gasteiger partial charge in [0.2, 0.25) is 0 Å². The van der Waals surface area contributed by atoms with E-state index in [4.69, 9.17) is 0 Å². The second kappa shape index (κ2) is 5.20. The number of carbonyl (C=O) groups excluding carboxylic acids is 1. The molecule has 1 saturated heterocycles. The molecule has 1 N–H and O–H groups in total. The molecule has 2 heterocycles. The molecular formula is C14H13F3N2O2S.